The number of ether oxygens (including phenoxy) is 2. The number of fused-ring (bicyclic) bond motifs is 5. The van der Waals surface area contributed by atoms with Crippen LogP contribution in [0.5, 0.6) is 5.75 Å². The summed E-state index contributed by atoms with van der Waals surface area (Å²) in [6.45, 7) is 8.74. The Balaban J connectivity index is 1.36. The van der Waals surface area contributed by atoms with Crippen molar-refractivity contribution >= 4 is 0 Å². The summed E-state index contributed by atoms with van der Waals surface area (Å²) in [5.74, 6) is 3.28. The van der Waals surface area contributed by atoms with Gasteiger partial charge in [0.15, 0.2) is 0 Å². The van der Waals surface area contributed by atoms with Gasteiger partial charge < -0.3 is 19.5 Å². The van der Waals surface area contributed by atoms with E-state index in [1.54, 1.807) is 5.57 Å². The molecule has 0 radical (unpaired) electrons. The molecule has 1 aromatic carbocycles. The van der Waals surface area contributed by atoms with Gasteiger partial charge in [-0.2, -0.15) is 0 Å². The summed E-state index contributed by atoms with van der Waals surface area (Å²) in [4.78, 5) is 2.13. The van der Waals surface area contributed by atoms with Crippen molar-refractivity contribution in [3.05, 3.63) is 41.0 Å². The first kappa shape index (κ1) is 22.8. The van der Waals surface area contributed by atoms with E-state index in [1.807, 2.05) is 12.1 Å². The van der Waals surface area contributed by atoms with Crippen molar-refractivity contribution < 1.29 is 14.6 Å². The fourth-order valence-corrected chi connectivity index (χ4v) is 6.86. The topological polar surface area (TPSA) is 41.9 Å². The standard InChI is InChI=1S/C27H41NO3/c1-19-17-20-18-22(29)6-7-23(20)24-9-11-27(2)21(5-8-25(27)26(19)24)10-13-30-15-16-31-14-12-28(3)4/h6-7,10,18-19,24-26,29H,5,8-9,11-17H2,1-4H3/b21-10+/t19-,24?,25?,26?,27?/m1/s1. The van der Waals surface area contributed by atoms with Gasteiger partial charge in [0.1, 0.15) is 5.75 Å². The molecule has 4 unspecified atom stereocenters. The smallest absolute Gasteiger partial charge is 0.115 e. The molecule has 31 heavy (non-hydrogen) atoms. The SMILES string of the molecule is C[C@@H]1Cc2cc(O)ccc2C2CCC3(C)/C(=C/COCCOCCN(C)C)CCC3C21. The maximum Gasteiger partial charge on any atom is 0.115 e. The molecule has 1 N–H and O–H groups in total. The minimum atomic E-state index is 0.329. The van der Waals surface area contributed by atoms with E-state index < -0.39 is 0 Å². The lowest BCUT2D eigenvalue weighted by atomic mass is 9.52. The van der Waals surface area contributed by atoms with Crippen molar-refractivity contribution in [2.45, 2.75) is 51.9 Å². The fraction of sp³-hybridized carbons (Fsp3) is 0.704. The molecule has 4 rings (SSSR count). The predicted molar refractivity (Wildman–Crippen MR) is 126 cm³/mol. The van der Waals surface area contributed by atoms with Crippen LogP contribution in [0.25, 0.3) is 0 Å². The summed E-state index contributed by atoms with van der Waals surface area (Å²) in [6, 6.07) is 6.11. The number of benzene rings is 1. The van der Waals surface area contributed by atoms with E-state index in [-0.39, 0.29) is 0 Å². The summed E-state index contributed by atoms with van der Waals surface area (Å²) in [7, 11) is 4.12. The molecular formula is C27H41NO3. The summed E-state index contributed by atoms with van der Waals surface area (Å²) in [6.07, 6.45) is 8.56. The molecule has 0 amide bonds. The zero-order chi connectivity index (χ0) is 22.0. The molecule has 0 aromatic heterocycles. The summed E-state index contributed by atoms with van der Waals surface area (Å²) in [5, 5.41) is 9.95. The number of hydrogen-bond acceptors (Lipinski definition) is 4. The zero-order valence-electron chi connectivity index (χ0n) is 19.9. The largest absolute Gasteiger partial charge is 0.508 e. The number of aromatic hydroxyl groups is 1. The average Bonchev–Trinajstić information content (AvgIpc) is 3.05. The quantitative estimate of drug-likeness (QED) is 0.467. The maximum absolute atomic E-state index is 9.95. The Kier molecular flexibility index (Phi) is 7.10. The monoisotopic (exact) mass is 427 g/mol. The van der Waals surface area contributed by atoms with E-state index in [4.69, 9.17) is 9.47 Å². The zero-order valence-corrected chi connectivity index (χ0v) is 19.9. The fourth-order valence-electron chi connectivity index (χ4n) is 6.86. The first-order valence-electron chi connectivity index (χ1n) is 12.2. The molecule has 0 aliphatic heterocycles. The Bertz CT molecular complexity index is 789. The molecule has 0 spiro atoms. The van der Waals surface area contributed by atoms with Crippen LogP contribution in [0.3, 0.4) is 0 Å². The van der Waals surface area contributed by atoms with Crippen molar-refractivity contribution in [1.29, 1.82) is 0 Å². The van der Waals surface area contributed by atoms with Crippen molar-refractivity contribution in [3.63, 3.8) is 0 Å². The van der Waals surface area contributed by atoms with Crippen LogP contribution in [0.4, 0.5) is 0 Å². The second-order valence-corrected chi connectivity index (χ2v) is 10.6. The third kappa shape index (κ3) is 4.72. The number of rotatable bonds is 8. The lowest BCUT2D eigenvalue weighted by molar-refractivity contribution is 0.0453. The first-order chi connectivity index (χ1) is 14.9. The number of phenolic OH excluding ortho intramolecular Hbond substituents is 1. The maximum atomic E-state index is 9.95. The number of allylic oxidation sites excluding steroid dienone is 1. The van der Waals surface area contributed by atoms with E-state index in [0.29, 0.717) is 42.8 Å². The number of likely N-dealkylation sites (N-methyl/N-ethyl adjacent to an activating group) is 1. The van der Waals surface area contributed by atoms with Gasteiger partial charge in [-0.05, 0) is 98.5 Å². The van der Waals surface area contributed by atoms with E-state index in [0.717, 1.165) is 31.4 Å². The van der Waals surface area contributed by atoms with Crippen LogP contribution in [0.15, 0.2) is 29.8 Å². The Morgan fingerprint density at radius 3 is 2.77 bits per heavy atom. The van der Waals surface area contributed by atoms with Crippen molar-refractivity contribution in [3.8, 4) is 5.75 Å². The molecule has 0 saturated heterocycles. The van der Waals surface area contributed by atoms with E-state index in [9.17, 15) is 5.11 Å². The van der Waals surface area contributed by atoms with Crippen LogP contribution in [-0.4, -0.2) is 57.1 Å². The lowest BCUT2D eigenvalue weighted by Gasteiger charge is -2.52. The van der Waals surface area contributed by atoms with E-state index >= 15 is 0 Å². The van der Waals surface area contributed by atoms with Crippen molar-refractivity contribution in [1.82, 2.24) is 4.90 Å². The van der Waals surface area contributed by atoms with Crippen LogP contribution in [0, 0.1) is 23.2 Å². The highest BCUT2D eigenvalue weighted by Gasteiger charge is 2.54. The second-order valence-electron chi connectivity index (χ2n) is 10.6. The minimum absolute atomic E-state index is 0.329. The highest BCUT2D eigenvalue weighted by molar-refractivity contribution is 5.41. The first-order valence-corrected chi connectivity index (χ1v) is 12.2. The summed E-state index contributed by atoms with van der Waals surface area (Å²) >= 11 is 0. The molecule has 3 aliphatic carbocycles. The van der Waals surface area contributed by atoms with Crippen LogP contribution in [0.2, 0.25) is 0 Å². The van der Waals surface area contributed by atoms with Gasteiger partial charge in [-0.1, -0.05) is 31.6 Å². The summed E-state index contributed by atoms with van der Waals surface area (Å²) in [5.41, 5.74) is 4.86. The van der Waals surface area contributed by atoms with Crippen molar-refractivity contribution in [2.24, 2.45) is 23.2 Å². The Morgan fingerprint density at radius 1 is 1.16 bits per heavy atom. The molecule has 5 atom stereocenters. The Labute approximate surface area is 188 Å². The molecule has 172 valence electrons. The lowest BCUT2D eigenvalue weighted by Crippen LogP contribution is -2.43. The molecule has 4 nitrogen and oxygen atoms in total. The number of phenols is 1. The van der Waals surface area contributed by atoms with Crippen LogP contribution >= 0.6 is 0 Å². The molecular weight excluding hydrogens is 386 g/mol. The number of nitrogens with zero attached hydrogens (tertiary/aromatic N) is 1. The van der Waals surface area contributed by atoms with Gasteiger partial charge in [0.2, 0.25) is 0 Å². The van der Waals surface area contributed by atoms with Crippen LogP contribution < -0.4 is 0 Å². The van der Waals surface area contributed by atoms with Gasteiger partial charge in [-0.15, -0.1) is 0 Å². The average molecular weight is 428 g/mol. The molecule has 4 heteroatoms. The molecule has 2 saturated carbocycles. The molecule has 2 fully saturated rings. The Hall–Kier alpha value is -1.36. The third-order valence-corrected chi connectivity index (χ3v) is 8.41. The second kappa shape index (κ2) is 9.64. The van der Waals surface area contributed by atoms with Gasteiger partial charge in [0.25, 0.3) is 0 Å². The molecule has 1 aromatic rings. The van der Waals surface area contributed by atoms with E-state index in [2.05, 4.69) is 45.0 Å². The highest BCUT2D eigenvalue weighted by Crippen LogP contribution is 2.63. The Morgan fingerprint density at radius 2 is 1.97 bits per heavy atom. The highest BCUT2D eigenvalue weighted by atomic mass is 16.5. The number of hydrogen-bond donors (Lipinski definition) is 1. The van der Waals surface area contributed by atoms with Gasteiger partial charge in [0.05, 0.1) is 26.4 Å². The summed E-state index contributed by atoms with van der Waals surface area (Å²) < 4.78 is 11.5. The van der Waals surface area contributed by atoms with Crippen LogP contribution in [0.1, 0.15) is 56.6 Å². The molecule has 0 heterocycles. The van der Waals surface area contributed by atoms with Gasteiger partial charge >= 0.3 is 0 Å². The molecule has 3 aliphatic rings. The van der Waals surface area contributed by atoms with E-state index in [1.165, 1.54) is 36.8 Å². The normalized spacial score (nSPS) is 33.4. The van der Waals surface area contributed by atoms with Gasteiger partial charge in [-0.3, -0.25) is 0 Å². The van der Waals surface area contributed by atoms with Crippen LogP contribution in [-0.2, 0) is 15.9 Å². The molecule has 0 bridgehead atoms. The van der Waals surface area contributed by atoms with Gasteiger partial charge in [0, 0.05) is 6.54 Å². The predicted octanol–water partition coefficient (Wildman–Crippen LogP) is 5.02. The third-order valence-electron chi connectivity index (χ3n) is 8.41. The van der Waals surface area contributed by atoms with Gasteiger partial charge in [-0.25, -0.2) is 0 Å². The minimum Gasteiger partial charge on any atom is -0.508 e. The van der Waals surface area contributed by atoms with Crippen molar-refractivity contribution in [2.75, 3.05) is 47.1 Å².